The quantitative estimate of drug-likeness (QED) is 0.794. The molecule has 0 aliphatic rings. The van der Waals surface area contributed by atoms with Gasteiger partial charge in [0, 0.05) is 11.1 Å². The van der Waals surface area contributed by atoms with Crippen LogP contribution in [0, 0.1) is 6.92 Å². The maximum atomic E-state index is 11.4. The second-order valence-corrected chi connectivity index (χ2v) is 9.01. The lowest BCUT2D eigenvalue weighted by molar-refractivity contribution is 0.587. The molecule has 0 amide bonds. The van der Waals surface area contributed by atoms with E-state index in [1.54, 1.807) is 18.3 Å². The Kier molecular flexibility index (Phi) is 4.26. The molecule has 2 atom stereocenters. The zero-order valence-corrected chi connectivity index (χ0v) is 12.6. The van der Waals surface area contributed by atoms with Crippen molar-refractivity contribution in [1.82, 2.24) is 0 Å². The van der Waals surface area contributed by atoms with E-state index >= 15 is 0 Å². The SMILES string of the molecule is Cc1sc(Br)cc1C(Cl)C(C)S(C)(=O)=O. The minimum absolute atomic E-state index is 0.484. The van der Waals surface area contributed by atoms with Crippen molar-refractivity contribution in [3.8, 4) is 0 Å². The van der Waals surface area contributed by atoms with Crippen LogP contribution in [-0.2, 0) is 9.84 Å². The molecule has 0 aliphatic carbocycles. The Bertz CT molecular complexity index is 453. The summed E-state index contributed by atoms with van der Waals surface area (Å²) < 4.78 is 23.7. The standard InChI is InChI=1S/C9H12BrClO2S2/c1-5-7(4-8(10)14-5)9(11)6(2)15(3,12)13/h4,6,9H,1-3H3. The topological polar surface area (TPSA) is 34.1 Å². The van der Waals surface area contributed by atoms with Crippen LogP contribution in [0.2, 0.25) is 0 Å². The van der Waals surface area contributed by atoms with Gasteiger partial charge >= 0.3 is 0 Å². The van der Waals surface area contributed by atoms with Gasteiger partial charge in [-0.2, -0.15) is 0 Å². The molecule has 2 nitrogen and oxygen atoms in total. The van der Waals surface area contributed by atoms with Gasteiger partial charge in [0.25, 0.3) is 0 Å². The fraction of sp³-hybridized carbons (Fsp3) is 0.556. The molecule has 0 spiro atoms. The summed E-state index contributed by atoms with van der Waals surface area (Å²) in [4.78, 5) is 1.05. The average molecular weight is 332 g/mol. The first-order valence-electron chi connectivity index (χ1n) is 4.32. The molecular formula is C9H12BrClO2S2. The van der Waals surface area contributed by atoms with Crippen molar-refractivity contribution in [1.29, 1.82) is 0 Å². The van der Waals surface area contributed by atoms with E-state index in [1.165, 1.54) is 6.26 Å². The molecule has 15 heavy (non-hydrogen) atoms. The summed E-state index contributed by atoms with van der Waals surface area (Å²) in [5.74, 6) is 0. The maximum Gasteiger partial charge on any atom is 0.151 e. The van der Waals surface area contributed by atoms with Crippen LogP contribution in [0.1, 0.15) is 22.7 Å². The first-order valence-corrected chi connectivity index (χ1v) is 8.32. The molecule has 2 unspecified atom stereocenters. The van der Waals surface area contributed by atoms with Gasteiger partial charge < -0.3 is 0 Å². The molecule has 0 fully saturated rings. The Balaban J connectivity index is 3.05. The number of thiophene rings is 1. The summed E-state index contributed by atoms with van der Waals surface area (Å²) in [6.07, 6.45) is 1.21. The molecule has 0 saturated carbocycles. The van der Waals surface area contributed by atoms with Crippen LogP contribution in [0.4, 0.5) is 0 Å². The summed E-state index contributed by atoms with van der Waals surface area (Å²) in [6, 6.07) is 1.89. The molecule has 6 heteroatoms. The van der Waals surface area contributed by atoms with Gasteiger partial charge in [0.15, 0.2) is 9.84 Å². The second kappa shape index (κ2) is 4.73. The number of hydrogen-bond donors (Lipinski definition) is 0. The van der Waals surface area contributed by atoms with Crippen LogP contribution in [0.25, 0.3) is 0 Å². The Labute approximate surface area is 108 Å². The summed E-state index contributed by atoms with van der Waals surface area (Å²) in [6.45, 7) is 3.58. The highest BCUT2D eigenvalue weighted by molar-refractivity contribution is 9.11. The van der Waals surface area contributed by atoms with Crippen molar-refractivity contribution in [2.24, 2.45) is 0 Å². The third-order valence-corrected chi connectivity index (χ3v) is 6.27. The molecule has 0 bridgehead atoms. The largest absolute Gasteiger partial charge is 0.229 e. The monoisotopic (exact) mass is 330 g/mol. The number of sulfone groups is 1. The van der Waals surface area contributed by atoms with E-state index in [0.717, 1.165) is 14.2 Å². The number of hydrogen-bond acceptors (Lipinski definition) is 3. The molecule has 1 aromatic rings. The highest BCUT2D eigenvalue weighted by Crippen LogP contribution is 2.36. The van der Waals surface area contributed by atoms with E-state index in [1.807, 2.05) is 13.0 Å². The zero-order valence-electron chi connectivity index (χ0n) is 8.62. The van der Waals surface area contributed by atoms with Gasteiger partial charge in [0.1, 0.15) is 0 Å². The molecule has 1 aromatic heterocycles. The van der Waals surface area contributed by atoms with Crippen molar-refractivity contribution in [2.75, 3.05) is 6.26 Å². The van der Waals surface area contributed by atoms with Crippen LogP contribution >= 0.6 is 38.9 Å². The third-order valence-electron chi connectivity index (χ3n) is 2.31. The number of halogens is 2. The molecule has 0 aromatic carbocycles. The molecule has 0 radical (unpaired) electrons. The van der Waals surface area contributed by atoms with Crippen molar-refractivity contribution in [3.63, 3.8) is 0 Å². The Hall–Kier alpha value is 0.420. The Morgan fingerprint density at radius 2 is 2.07 bits per heavy atom. The smallest absolute Gasteiger partial charge is 0.151 e. The van der Waals surface area contributed by atoms with Crippen molar-refractivity contribution in [2.45, 2.75) is 24.5 Å². The van der Waals surface area contributed by atoms with Crippen LogP contribution in [0.3, 0.4) is 0 Å². The van der Waals surface area contributed by atoms with E-state index in [2.05, 4.69) is 15.9 Å². The van der Waals surface area contributed by atoms with Gasteiger partial charge in [-0.25, -0.2) is 8.42 Å². The summed E-state index contributed by atoms with van der Waals surface area (Å²) in [5, 5.41) is -1.05. The van der Waals surface area contributed by atoms with E-state index in [9.17, 15) is 8.42 Å². The highest BCUT2D eigenvalue weighted by atomic mass is 79.9. The first-order chi connectivity index (χ1) is 6.73. The summed E-state index contributed by atoms with van der Waals surface area (Å²) in [7, 11) is -3.10. The molecule has 1 rings (SSSR count). The van der Waals surface area contributed by atoms with Gasteiger partial charge in [0.05, 0.1) is 14.4 Å². The molecule has 86 valence electrons. The lowest BCUT2D eigenvalue weighted by atomic mass is 10.1. The van der Waals surface area contributed by atoms with Gasteiger partial charge in [-0.05, 0) is 41.4 Å². The molecule has 0 aliphatic heterocycles. The van der Waals surface area contributed by atoms with E-state index in [0.29, 0.717) is 0 Å². The van der Waals surface area contributed by atoms with Crippen LogP contribution < -0.4 is 0 Å². The number of aryl methyl sites for hydroxylation is 1. The Morgan fingerprint density at radius 1 is 1.53 bits per heavy atom. The lowest BCUT2D eigenvalue weighted by Gasteiger charge is -2.16. The van der Waals surface area contributed by atoms with E-state index in [-0.39, 0.29) is 0 Å². The van der Waals surface area contributed by atoms with Crippen molar-refractivity contribution >= 4 is 48.7 Å². The predicted octanol–water partition coefficient (Wildman–Crippen LogP) is 3.53. The van der Waals surface area contributed by atoms with Crippen molar-refractivity contribution in [3.05, 3.63) is 20.3 Å². The summed E-state index contributed by atoms with van der Waals surface area (Å²) in [5.41, 5.74) is 0.895. The average Bonchev–Trinajstić information content (AvgIpc) is 2.41. The molecular weight excluding hydrogens is 320 g/mol. The highest BCUT2D eigenvalue weighted by Gasteiger charge is 2.27. The lowest BCUT2D eigenvalue weighted by Crippen LogP contribution is -2.21. The summed E-state index contributed by atoms with van der Waals surface area (Å²) >= 11 is 11.1. The molecule has 0 saturated heterocycles. The normalized spacial score (nSPS) is 16.3. The minimum Gasteiger partial charge on any atom is -0.229 e. The van der Waals surface area contributed by atoms with Gasteiger partial charge in [-0.15, -0.1) is 22.9 Å². The Morgan fingerprint density at radius 3 is 2.40 bits per heavy atom. The van der Waals surface area contributed by atoms with Gasteiger partial charge in [-0.3, -0.25) is 0 Å². The zero-order chi connectivity index (χ0) is 11.8. The van der Waals surface area contributed by atoms with E-state index < -0.39 is 20.5 Å². The third kappa shape index (κ3) is 3.19. The number of rotatable bonds is 3. The molecule has 0 N–H and O–H groups in total. The molecule has 1 heterocycles. The van der Waals surface area contributed by atoms with E-state index in [4.69, 9.17) is 11.6 Å². The number of alkyl halides is 1. The fourth-order valence-electron chi connectivity index (χ4n) is 1.20. The van der Waals surface area contributed by atoms with Crippen LogP contribution in [0.5, 0.6) is 0 Å². The van der Waals surface area contributed by atoms with Crippen LogP contribution in [-0.4, -0.2) is 19.9 Å². The van der Waals surface area contributed by atoms with Crippen LogP contribution in [0.15, 0.2) is 9.85 Å². The maximum absolute atomic E-state index is 11.4. The van der Waals surface area contributed by atoms with Crippen molar-refractivity contribution < 1.29 is 8.42 Å². The van der Waals surface area contributed by atoms with Gasteiger partial charge in [0.2, 0.25) is 0 Å². The second-order valence-electron chi connectivity index (χ2n) is 3.50. The first kappa shape index (κ1) is 13.5. The fourth-order valence-corrected chi connectivity index (χ4v) is 4.39. The predicted molar refractivity (Wildman–Crippen MR) is 69.7 cm³/mol. The van der Waals surface area contributed by atoms with Gasteiger partial charge in [-0.1, -0.05) is 0 Å². The minimum atomic E-state index is -3.10.